The van der Waals surface area contributed by atoms with Gasteiger partial charge in [-0.2, -0.15) is 0 Å². The van der Waals surface area contributed by atoms with Crippen LogP contribution in [0, 0.1) is 0 Å². The molecule has 1 aromatic carbocycles. The maximum absolute atomic E-state index is 6.14. The van der Waals surface area contributed by atoms with Crippen LogP contribution in [0.4, 0.5) is 5.69 Å². The summed E-state index contributed by atoms with van der Waals surface area (Å²) < 4.78 is 7.46. The first-order valence-corrected chi connectivity index (χ1v) is 7.50. The predicted molar refractivity (Wildman–Crippen MR) is 83.8 cm³/mol. The molecule has 5 heteroatoms. The van der Waals surface area contributed by atoms with Crippen LogP contribution in [0.1, 0.15) is 25.1 Å². The molecule has 21 heavy (non-hydrogen) atoms. The fourth-order valence-electron chi connectivity index (χ4n) is 2.65. The molecule has 2 aromatic rings. The Kier molecular flexibility index (Phi) is 4.22. The average molecular weight is 286 g/mol. The second-order valence-corrected chi connectivity index (χ2v) is 5.32. The van der Waals surface area contributed by atoms with E-state index in [4.69, 9.17) is 10.5 Å². The number of morpholine rings is 1. The second kappa shape index (κ2) is 6.28. The summed E-state index contributed by atoms with van der Waals surface area (Å²) in [4.78, 5) is 6.58. The lowest BCUT2D eigenvalue weighted by molar-refractivity contribution is 0.122. The van der Waals surface area contributed by atoms with Gasteiger partial charge in [-0.1, -0.05) is 6.92 Å². The van der Waals surface area contributed by atoms with Crippen LogP contribution in [0.2, 0.25) is 0 Å². The van der Waals surface area contributed by atoms with E-state index in [1.54, 1.807) is 0 Å². The molecule has 0 amide bonds. The Morgan fingerprint density at radius 1 is 1.19 bits per heavy atom. The van der Waals surface area contributed by atoms with Crippen molar-refractivity contribution in [1.82, 2.24) is 9.55 Å². The average Bonchev–Trinajstić information content (AvgIpc) is 3.05. The minimum atomic E-state index is 0.0198. The number of hydrogen-bond donors (Lipinski definition) is 1. The van der Waals surface area contributed by atoms with Gasteiger partial charge in [0.1, 0.15) is 0 Å². The minimum Gasteiger partial charge on any atom is -0.378 e. The zero-order valence-corrected chi connectivity index (χ0v) is 12.4. The van der Waals surface area contributed by atoms with Crippen LogP contribution in [0.5, 0.6) is 0 Å². The third-order valence-corrected chi connectivity index (χ3v) is 3.99. The van der Waals surface area contributed by atoms with Crippen LogP contribution in [-0.4, -0.2) is 35.9 Å². The minimum absolute atomic E-state index is 0.0198. The van der Waals surface area contributed by atoms with Crippen LogP contribution < -0.4 is 10.6 Å². The highest BCUT2D eigenvalue weighted by Gasteiger charge is 2.13. The Morgan fingerprint density at radius 2 is 1.86 bits per heavy atom. The van der Waals surface area contributed by atoms with Crippen molar-refractivity contribution < 1.29 is 4.74 Å². The fraction of sp³-hybridized carbons (Fsp3) is 0.438. The van der Waals surface area contributed by atoms with Crippen molar-refractivity contribution in [3.05, 3.63) is 42.5 Å². The van der Waals surface area contributed by atoms with E-state index in [-0.39, 0.29) is 6.04 Å². The van der Waals surface area contributed by atoms with Gasteiger partial charge in [0.25, 0.3) is 0 Å². The molecular formula is C16H22N4O. The molecule has 1 saturated heterocycles. The van der Waals surface area contributed by atoms with Crippen molar-refractivity contribution in [3.8, 4) is 5.69 Å². The Balaban J connectivity index is 1.82. The number of ether oxygens (including phenoxy) is 1. The van der Waals surface area contributed by atoms with Gasteiger partial charge in [-0.3, -0.25) is 0 Å². The summed E-state index contributed by atoms with van der Waals surface area (Å²) in [6, 6.07) is 8.58. The molecule has 0 spiro atoms. The Morgan fingerprint density at radius 3 is 2.52 bits per heavy atom. The summed E-state index contributed by atoms with van der Waals surface area (Å²) in [6.45, 7) is 5.61. The number of imidazole rings is 1. The number of aromatic nitrogens is 2. The monoisotopic (exact) mass is 286 g/mol. The van der Waals surface area contributed by atoms with Crippen LogP contribution in [0.25, 0.3) is 5.69 Å². The Labute approximate surface area is 125 Å². The molecule has 1 fully saturated rings. The molecule has 1 aliphatic heterocycles. The topological polar surface area (TPSA) is 56.3 Å². The van der Waals surface area contributed by atoms with Crippen molar-refractivity contribution in [3.63, 3.8) is 0 Å². The number of anilines is 1. The molecule has 1 aromatic heterocycles. The highest BCUT2D eigenvalue weighted by molar-refractivity contribution is 5.51. The van der Waals surface area contributed by atoms with E-state index < -0.39 is 0 Å². The quantitative estimate of drug-likeness (QED) is 0.935. The van der Waals surface area contributed by atoms with Gasteiger partial charge in [0, 0.05) is 30.5 Å². The smallest absolute Gasteiger partial charge is 0.0994 e. The van der Waals surface area contributed by atoms with Gasteiger partial charge < -0.3 is 19.9 Å². The van der Waals surface area contributed by atoms with E-state index in [2.05, 4.69) is 45.6 Å². The van der Waals surface area contributed by atoms with Crippen LogP contribution in [0.3, 0.4) is 0 Å². The molecule has 0 aliphatic carbocycles. The lowest BCUT2D eigenvalue weighted by atomic mass is 10.1. The summed E-state index contributed by atoms with van der Waals surface area (Å²) in [5.41, 5.74) is 9.53. The normalized spacial score (nSPS) is 17.0. The molecule has 1 atom stereocenters. The molecule has 2 heterocycles. The summed E-state index contributed by atoms with van der Waals surface area (Å²) >= 11 is 0. The van der Waals surface area contributed by atoms with Crippen molar-refractivity contribution in [2.75, 3.05) is 31.2 Å². The summed E-state index contributed by atoms with van der Waals surface area (Å²) in [6.07, 6.45) is 4.58. The van der Waals surface area contributed by atoms with Crippen molar-refractivity contribution >= 4 is 5.69 Å². The van der Waals surface area contributed by atoms with Crippen LogP contribution in [-0.2, 0) is 4.74 Å². The number of benzene rings is 1. The van der Waals surface area contributed by atoms with E-state index in [0.29, 0.717) is 0 Å². The van der Waals surface area contributed by atoms with E-state index >= 15 is 0 Å². The first-order valence-electron chi connectivity index (χ1n) is 7.50. The van der Waals surface area contributed by atoms with Crippen molar-refractivity contribution in [2.45, 2.75) is 19.4 Å². The van der Waals surface area contributed by atoms with Crippen molar-refractivity contribution in [1.29, 1.82) is 0 Å². The van der Waals surface area contributed by atoms with Gasteiger partial charge in [-0.05, 0) is 30.7 Å². The SMILES string of the molecule is CC[C@@H](N)c1cncn1-c1ccc(N2CCOCC2)cc1. The van der Waals surface area contributed by atoms with E-state index in [1.807, 2.05) is 12.5 Å². The maximum atomic E-state index is 6.14. The third-order valence-electron chi connectivity index (χ3n) is 3.99. The highest BCUT2D eigenvalue weighted by atomic mass is 16.5. The first kappa shape index (κ1) is 14.1. The van der Waals surface area contributed by atoms with Gasteiger partial charge >= 0.3 is 0 Å². The summed E-state index contributed by atoms with van der Waals surface area (Å²) in [5, 5.41) is 0. The van der Waals surface area contributed by atoms with Gasteiger partial charge in [-0.25, -0.2) is 4.98 Å². The molecule has 0 unspecified atom stereocenters. The van der Waals surface area contributed by atoms with Gasteiger partial charge in [0.05, 0.1) is 31.4 Å². The largest absolute Gasteiger partial charge is 0.378 e. The Bertz CT molecular complexity index is 572. The molecule has 0 radical (unpaired) electrons. The molecule has 3 rings (SSSR count). The van der Waals surface area contributed by atoms with E-state index in [1.165, 1.54) is 5.69 Å². The standard InChI is InChI=1S/C16H22N4O/c1-2-15(17)16-11-18-12-20(16)14-5-3-13(4-6-14)19-7-9-21-10-8-19/h3-6,11-12,15H,2,7-10,17H2,1H3/t15-/m1/s1. The van der Waals surface area contributed by atoms with E-state index in [0.717, 1.165) is 44.1 Å². The number of nitrogens with two attached hydrogens (primary N) is 1. The predicted octanol–water partition coefficient (Wildman–Crippen LogP) is 2.12. The molecule has 0 saturated carbocycles. The molecule has 5 nitrogen and oxygen atoms in total. The molecular weight excluding hydrogens is 264 g/mol. The lowest BCUT2D eigenvalue weighted by Crippen LogP contribution is -2.36. The van der Waals surface area contributed by atoms with Crippen molar-refractivity contribution in [2.24, 2.45) is 5.73 Å². The second-order valence-electron chi connectivity index (χ2n) is 5.32. The molecule has 0 bridgehead atoms. The fourth-order valence-corrected chi connectivity index (χ4v) is 2.65. The number of nitrogens with zero attached hydrogens (tertiary/aromatic N) is 3. The summed E-state index contributed by atoms with van der Waals surface area (Å²) in [7, 11) is 0. The zero-order chi connectivity index (χ0) is 14.7. The van der Waals surface area contributed by atoms with Gasteiger partial charge in [0.2, 0.25) is 0 Å². The molecule has 112 valence electrons. The van der Waals surface area contributed by atoms with Crippen LogP contribution >= 0.6 is 0 Å². The third kappa shape index (κ3) is 2.94. The lowest BCUT2D eigenvalue weighted by Gasteiger charge is -2.29. The maximum Gasteiger partial charge on any atom is 0.0994 e. The Hall–Kier alpha value is -1.85. The van der Waals surface area contributed by atoms with E-state index in [9.17, 15) is 0 Å². The van der Waals surface area contributed by atoms with Crippen LogP contribution in [0.15, 0.2) is 36.8 Å². The number of hydrogen-bond acceptors (Lipinski definition) is 4. The first-order chi connectivity index (χ1) is 10.3. The number of rotatable bonds is 4. The molecule has 1 aliphatic rings. The zero-order valence-electron chi connectivity index (χ0n) is 12.4. The van der Waals surface area contributed by atoms with Gasteiger partial charge in [0.15, 0.2) is 0 Å². The molecule has 2 N–H and O–H groups in total. The van der Waals surface area contributed by atoms with Gasteiger partial charge in [-0.15, -0.1) is 0 Å². The highest BCUT2D eigenvalue weighted by Crippen LogP contribution is 2.22. The summed E-state index contributed by atoms with van der Waals surface area (Å²) in [5.74, 6) is 0.